The topological polar surface area (TPSA) is 165 Å². The third kappa shape index (κ3) is 8.84. The summed E-state index contributed by atoms with van der Waals surface area (Å²) in [5.74, 6) is -3.24. The summed E-state index contributed by atoms with van der Waals surface area (Å²) in [6.45, 7) is 5.41. The Morgan fingerprint density at radius 3 is 2.45 bits per heavy atom. The number of amides is 2. The maximum atomic E-state index is 13.5. The SMILES string of the molecule is CC[C@H](C)[C@H](NC(=O)CC(c1ccc(OC)cc1)c1c(O)cc2c(c1O)C(=O)O[C@@H](C)CCCC(=O)CCCC=C2)C(N)=O. The van der Waals surface area contributed by atoms with Crippen LogP contribution in [0.2, 0.25) is 0 Å². The molecule has 1 unspecified atom stereocenters. The number of carbonyl (C=O) groups excluding carboxylic acids is 4. The number of Topliss-reactive ketones (excluding diaryl/α,β-unsaturated/α-hetero) is 1. The van der Waals surface area contributed by atoms with Crippen molar-refractivity contribution in [3.8, 4) is 17.2 Å². The Bertz CT molecular complexity index is 1370. The van der Waals surface area contributed by atoms with Crippen LogP contribution in [0.15, 0.2) is 36.4 Å². The summed E-state index contributed by atoms with van der Waals surface area (Å²) >= 11 is 0. The lowest BCUT2D eigenvalue weighted by molar-refractivity contribution is -0.128. The number of cyclic esters (lactones) is 1. The van der Waals surface area contributed by atoms with Gasteiger partial charge in [0, 0.05) is 30.7 Å². The van der Waals surface area contributed by atoms with Gasteiger partial charge in [-0.3, -0.25) is 14.4 Å². The van der Waals surface area contributed by atoms with Gasteiger partial charge in [-0.15, -0.1) is 0 Å². The largest absolute Gasteiger partial charge is 0.507 e. The van der Waals surface area contributed by atoms with E-state index in [4.69, 9.17) is 15.2 Å². The summed E-state index contributed by atoms with van der Waals surface area (Å²) in [6.07, 6.45) is 6.28. The van der Waals surface area contributed by atoms with Gasteiger partial charge in [-0.05, 0) is 67.9 Å². The number of benzene rings is 2. The molecule has 238 valence electrons. The highest BCUT2D eigenvalue weighted by Gasteiger charge is 2.32. The maximum Gasteiger partial charge on any atom is 0.342 e. The normalized spacial score (nSPS) is 18.2. The monoisotopic (exact) mass is 608 g/mol. The van der Waals surface area contributed by atoms with Crippen molar-refractivity contribution in [2.24, 2.45) is 11.7 Å². The molecule has 0 fully saturated rings. The maximum absolute atomic E-state index is 13.5. The number of phenols is 2. The molecule has 5 N–H and O–H groups in total. The number of phenolic OH excluding ortho intramolecular Hbond substituents is 2. The van der Waals surface area contributed by atoms with Crippen molar-refractivity contribution >= 4 is 29.6 Å². The lowest BCUT2D eigenvalue weighted by atomic mass is 9.84. The Morgan fingerprint density at radius 1 is 1.14 bits per heavy atom. The molecule has 4 atom stereocenters. The molecule has 10 heteroatoms. The zero-order chi connectivity index (χ0) is 32.4. The predicted octanol–water partition coefficient (Wildman–Crippen LogP) is 5.13. The number of ketones is 1. The van der Waals surface area contributed by atoms with Crippen LogP contribution >= 0.6 is 0 Å². The van der Waals surface area contributed by atoms with Crippen LogP contribution in [-0.2, 0) is 19.1 Å². The van der Waals surface area contributed by atoms with Crippen molar-refractivity contribution in [3.05, 3.63) is 58.7 Å². The van der Waals surface area contributed by atoms with Gasteiger partial charge in [-0.2, -0.15) is 0 Å². The first kappa shape index (κ1) is 34.2. The van der Waals surface area contributed by atoms with Crippen molar-refractivity contribution in [2.75, 3.05) is 7.11 Å². The van der Waals surface area contributed by atoms with Gasteiger partial charge in [0.1, 0.15) is 34.6 Å². The van der Waals surface area contributed by atoms with E-state index in [1.165, 1.54) is 13.2 Å². The molecule has 0 aliphatic carbocycles. The van der Waals surface area contributed by atoms with Gasteiger partial charge in [-0.1, -0.05) is 44.6 Å². The van der Waals surface area contributed by atoms with Crippen molar-refractivity contribution in [2.45, 2.75) is 90.2 Å². The molecule has 0 bridgehead atoms. The molecule has 0 radical (unpaired) electrons. The standard InChI is InChI=1S/C34H44N2O8/c1-5-20(2)31(33(35)41)36-28(39)19-26(22-14-16-25(43-4)17-15-22)30-27(38)18-23-11-7-6-8-12-24(37)13-9-10-21(3)44-34(42)29(23)32(30)40/h7,11,14-18,20-21,26,31,38,40H,5-6,8-10,12-13,19H2,1-4H3,(H2,35,41)(H,36,39)/t20-,21-,26?,31-/m0/s1. The van der Waals surface area contributed by atoms with E-state index in [0.717, 1.165) is 0 Å². The zero-order valence-corrected chi connectivity index (χ0v) is 25.9. The number of methoxy groups -OCH3 is 1. The second-order valence-electron chi connectivity index (χ2n) is 11.4. The Morgan fingerprint density at radius 2 is 1.82 bits per heavy atom. The Kier molecular flexibility index (Phi) is 12.4. The second-order valence-corrected chi connectivity index (χ2v) is 11.4. The first-order chi connectivity index (χ1) is 21.0. The summed E-state index contributed by atoms with van der Waals surface area (Å²) in [6, 6.07) is 7.22. The summed E-state index contributed by atoms with van der Waals surface area (Å²) < 4.78 is 10.9. The molecule has 2 aromatic rings. The highest BCUT2D eigenvalue weighted by molar-refractivity contribution is 5.98. The van der Waals surface area contributed by atoms with Gasteiger partial charge in [0.25, 0.3) is 0 Å². The van der Waals surface area contributed by atoms with E-state index in [2.05, 4.69) is 5.32 Å². The number of aromatic hydroxyl groups is 2. The molecule has 2 aromatic carbocycles. The van der Waals surface area contributed by atoms with Gasteiger partial charge >= 0.3 is 5.97 Å². The molecule has 2 amide bonds. The molecular formula is C34H44N2O8. The number of nitrogens with two attached hydrogens (primary N) is 1. The van der Waals surface area contributed by atoms with Crippen LogP contribution < -0.4 is 15.8 Å². The number of esters is 1. The lowest BCUT2D eigenvalue weighted by Gasteiger charge is -2.25. The summed E-state index contributed by atoms with van der Waals surface area (Å²) in [4.78, 5) is 51.1. The van der Waals surface area contributed by atoms with Crippen molar-refractivity contribution in [1.82, 2.24) is 5.32 Å². The number of hydrogen-bond acceptors (Lipinski definition) is 8. The van der Waals surface area contributed by atoms with Crippen LogP contribution in [0.5, 0.6) is 17.2 Å². The third-order valence-electron chi connectivity index (χ3n) is 8.14. The van der Waals surface area contributed by atoms with Gasteiger partial charge in [-0.25, -0.2) is 4.79 Å². The van der Waals surface area contributed by atoms with Crippen LogP contribution in [0.1, 0.15) is 105 Å². The average Bonchev–Trinajstić information content (AvgIpc) is 2.98. The lowest BCUT2D eigenvalue weighted by Crippen LogP contribution is -2.48. The number of hydrogen-bond donors (Lipinski definition) is 4. The zero-order valence-electron chi connectivity index (χ0n) is 25.9. The molecule has 1 heterocycles. The molecule has 10 nitrogen and oxygen atoms in total. The molecule has 0 aromatic heterocycles. The quantitative estimate of drug-likeness (QED) is 0.285. The van der Waals surface area contributed by atoms with Crippen LogP contribution in [-0.4, -0.2) is 53.0 Å². The minimum absolute atomic E-state index is 0.0343. The number of fused-ring (bicyclic) bond motifs is 1. The second kappa shape index (κ2) is 15.9. The number of allylic oxidation sites excluding steroid dienone is 1. The van der Waals surface area contributed by atoms with Crippen LogP contribution in [0.25, 0.3) is 6.08 Å². The van der Waals surface area contributed by atoms with E-state index >= 15 is 0 Å². The van der Waals surface area contributed by atoms with Crippen LogP contribution in [0.3, 0.4) is 0 Å². The molecule has 1 aliphatic rings. The Hall–Kier alpha value is -4.34. The molecular weight excluding hydrogens is 564 g/mol. The molecule has 1 aliphatic heterocycles. The summed E-state index contributed by atoms with van der Waals surface area (Å²) in [5, 5.41) is 25.7. The third-order valence-corrected chi connectivity index (χ3v) is 8.14. The molecule has 44 heavy (non-hydrogen) atoms. The summed E-state index contributed by atoms with van der Waals surface area (Å²) in [5.41, 5.74) is 6.20. The van der Waals surface area contributed by atoms with Crippen molar-refractivity contribution in [1.29, 1.82) is 0 Å². The molecule has 0 spiro atoms. The fourth-order valence-electron chi connectivity index (χ4n) is 5.39. The first-order valence-corrected chi connectivity index (χ1v) is 15.2. The van der Waals surface area contributed by atoms with Gasteiger partial charge in [0.15, 0.2) is 0 Å². The van der Waals surface area contributed by atoms with Crippen molar-refractivity contribution < 1.29 is 38.9 Å². The number of ether oxygens (including phenoxy) is 2. The average molecular weight is 609 g/mol. The van der Waals surface area contributed by atoms with E-state index < -0.39 is 41.6 Å². The number of rotatable bonds is 9. The first-order valence-electron chi connectivity index (χ1n) is 15.2. The molecule has 0 saturated carbocycles. The van der Waals surface area contributed by atoms with Crippen molar-refractivity contribution in [3.63, 3.8) is 0 Å². The number of nitrogens with one attached hydrogen (secondary N) is 1. The van der Waals surface area contributed by atoms with Crippen LogP contribution in [0, 0.1) is 5.92 Å². The van der Waals surface area contributed by atoms with E-state index in [9.17, 15) is 29.4 Å². The minimum atomic E-state index is -0.926. The highest BCUT2D eigenvalue weighted by atomic mass is 16.5. The molecule has 0 saturated heterocycles. The van der Waals surface area contributed by atoms with Gasteiger partial charge in [0.05, 0.1) is 13.2 Å². The van der Waals surface area contributed by atoms with E-state index in [1.54, 1.807) is 50.3 Å². The van der Waals surface area contributed by atoms with Gasteiger partial charge < -0.3 is 30.7 Å². The van der Waals surface area contributed by atoms with Crippen LogP contribution in [0.4, 0.5) is 0 Å². The fourth-order valence-corrected chi connectivity index (χ4v) is 5.39. The molecule has 3 rings (SSSR count). The smallest absolute Gasteiger partial charge is 0.342 e. The Labute approximate surface area is 258 Å². The highest BCUT2D eigenvalue weighted by Crippen LogP contribution is 2.44. The van der Waals surface area contributed by atoms with E-state index in [1.807, 2.05) is 6.92 Å². The number of carbonyl (C=O) groups is 4. The van der Waals surface area contributed by atoms with E-state index in [0.29, 0.717) is 56.3 Å². The summed E-state index contributed by atoms with van der Waals surface area (Å²) in [7, 11) is 1.52. The fraction of sp³-hybridized carbons (Fsp3) is 0.471. The van der Waals surface area contributed by atoms with Gasteiger partial charge in [0.2, 0.25) is 11.8 Å². The minimum Gasteiger partial charge on any atom is -0.507 e. The predicted molar refractivity (Wildman–Crippen MR) is 166 cm³/mol. The Balaban J connectivity index is 2.13. The number of primary amides is 1. The van der Waals surface area contributed by atoms with E-state index in [-0.39, 0.29) is 40.6 Å².